The highest BCUT2D eigenvalue weighted by atomic mass is 16.2. The molecule has 1 saturated heterocycles. The fraction of sp³-hybridized carbons (Fsp3) is 0.600. The third-order valence-corrected chi connectivity index (χ3v) is 5.78. The minimum Gasteiger partial charge on any atom is -0.324 e. The average Bonchev–Trinajstić information content (AvgIpc) is 2.57. The largest absolute Gasteiger partial charge is 0.326 e. The third-order valence-electron chi connectivity index (χ3n) is 5.78. The highest BCUT2D eigenvalue weighted by molar-refractivity contribution is 6.01. The van der Waals surface area contributed by atoms with Gasteiger partial charge in [-0.15, -0.1) is 0 Å². The Balaban J connectivity index is 1.52. The molecule has 3 N–H and O–H groups in total. The quantitative estimate of drug-likeness (QED) is 0.787. The number of hydrogen-bond donors (Lipinski definition) is 3. The molecule has 3 rings (SSSR count). The van der Waals surface area contributed by atoms with E-state index in [4.69, 9.17) is 0 Å². The van der Waals surface area contributed by atoms with E-state index in [1.807, 2.05) is 32.0 Å². The maximum absolute atomic E-state index is 12.3. The zero-order valence-electron chi connectivity index (χ0n) is 15.4. The molecule has 1 saturated carbocycles. The molecule has 0 aromatic heterocycles. The first-order chi connectivity index (χ1) is 12.0. The molecule has 2 fully saturated rings. The van der Waals surface area contributed by atoms with E-state index in [2.05, 4.69) is 10.6 Å². The Morgan fingerprint density at radius 3 is 2.68 bits per heavy atom. The van der Waals surface area contributed by atoms with E-state index < -0.39 is 6.03 Å². The molecule has 1 aliphatic carbocycles. The van der Waals surface area contributed by atoms with Gasteiger partial charge in [-0.2, -0.15) is 0 Å². The number of imide groups is 1. The number of anilines is 1. The van der Waals surface area contributed by atoms with E-state index >= 15 is 0 Å². The normalized spacial score (nSPS) is 25.8. The molecule has 3 amide bonds. The number of hydrogen-bond acceptors (Lipinski definition) is 2. The van der Waals surface area contributed by atoms with Crippen molar-refractivity contribution < 1.29 is 14.5 Å². The Bertz CT molecular complexity index is 642. The van der Waals surface area contributed by atoms with Gasteiger partial charge in [0, 0.05) is 11.6 Å². The first-order valence-corrected chi connectivity index (χ1v) is 9.55. The predicted octanol–water partition coefficient (Wildman–Crippen LogP) is 2.19. The number of nitrogens with one attached hydrogen (secondary N) is 3. The SMILES string of the molecule is Cc1ccc(NC(=O)NC(=O)C[NH+]2CCC[C@H]3CCCC[C@@H]32)c(C)c1. The number of rotatable bonds is 3. The maximum atomic E-state index is 12.3. The van der Waals surface area contributed by atoms with Crippen LogP contribution in [0.4, 0.5) is 10.5 Å². The molecule has 1 aliphatic heterocycles. The number of carbonyl (C=O) groups is 2. The standard InChI is InChI=1S/C20H29N3O2/c1-14-9-10-17(15(2)12-14)21-20(25)22-19(24)13-23-11-5-7-16-6-3-4-8-18(16)23/h9-10,12,16,18H,3-8,11,13H2,1-2H3,(H2,21,22,24,25)/p+1/t16-,18+/m1/s1. The zero-order valence-corrected chi connectivity index (χ0v) is 15.4. The Hall–Kier alpha value is -1.88. The average molecular weight is 344 g/mol. The van der Waals surface area contributed by atoms with Crippen LogP contribution in [0, 0.1) is 19.8 Å². The monoisotopic (exact) mass is 344 g/mol. The van der Waals surface area contributed by atoms with Crippen LogP contribution in [0.1, 0.15) is 49.7 Å². The molecule has 2 aliphatic rings. The summed E-state index contributed by atoms with van der Waals surface area (Å²) in [7, 11) is 0. The molecule has 1 aromatic rings. The molecule has 1 unspecified atom stereocenters. The highest BCUT2D eigenvalue weighted by Gasteiger charge is 2.37. The van der Waals surface area contributed by atoms with E-state index in [9.17, 15) is 9.59 Å². The van der Waals surface area contributed by atoms with Gasteiger partial charge in [0.1, 0.15) is 0 Å². The van der Waals surface area contributed by atoms with Crippen LogP contribution < -0.4 is 15.5 Å². The van der Waals surface area contributed by atoms with E-state index in [-0.39, 0.29) is 5.91 Å². The van der Waals surface area contributed by atoms with Crippen molar-refractivity contribution in [3.05, 3.63) is 29.3 Å². The topological polar surface area (TPSA) is 62.6 Å². The van der Waals surface area contributed by atoms with Crippen LogP contribution in [0.2, 0.25) is 0 Å². The van der Waals surface area contributed by atoms with Crippen LogP contribution >= 0.6 is 0 Å². The molecule has 0 bridgehead atoms. The van der Waals surface area contributed by atoms with Crippen molar-refractivity contribution >= 4 is 17.6 Å². The summed E-state index contributed by atoms with van der Waals surface area (Å²) in [5.41, 5.74) is 2.89. The molecular weight excluding hydrogens is 314 g/mol. The molecular formula is C20H30N3O2+. The third kappa shape index (κ3) is 4.60. The van der Waals surface area contributed by atoms with E-state index in [0.717, 1.165) is 29.3 Å². The van der Waals surface area contributed by atoms with Gasteiger partial charge in [-0.3, -0.25) is 10.1 Å². The van der Waals surface area contributed by atoms with Crippen LogP contribution in [0.15, 0.2) is 18.2 Å². The van der Waals surface area contributed by atoms with Crippen molar-refractivity contribution in [2.45, 2.75) is 58.4 Å². The Morgan fingerprint density at radius 2 is 1.88 bits per heavy atom. The summed E-state index contributed by atoms with van der Waals surface area (Å²) in [6, 6.07) is 6.01. The predicted molar refractivity (Wildman–Crippen MR) is 98.8 cm³/mol. The second-order valence-corrected chi connectivity index (χ2v) is 7.70. The van der Waals surface area contributed by atoms with Crippen molar-refractivity contribution in [1.82, 2.24) is 5.32 Å². The van der Waals surface area contributed by atoms with Gasteiger partial charge in [0.2, 0.25) is 0 Å². The lowest BCUT2D eigenvalue weighted by Crippen LogP contribution is -3.18. The summed E-state index contributed by atoms with van der Waals surface area (Å²) in [4.78, 5) is 25.8. The second-order valence-electron chi connectivity index (χ2n) is 7.70. The lowest BCUT2D eigenvalue weighted by molar-refractivity contribution is -0.928. The highest BCUT2D eigenvalue weighted by Crippen LogP contribution is 2.28. The molecule has 25 heavy (non-hydrogen) atoms. The first kappa shape index (κ1) is 17.9. The van der Waals surface area contributed by atoms with Gasteiger partial charge in [0.25, 0.3) is 5.91 Å². The molecule has 1 heterocycles. The number of fused-ring (bicyclic) bond motifs is 1. The van der Waals surface area contributed by atoms with Crippen LogP contribution in [0.25, 0.3) is 0 Å². The van der Waals surface area contributed by atoms with Crippen molar-refractivity contribution in [3.8, 4) is 0 Å². The number of amides is 3. The number of aryl methyl sites for hydroxylation is 2. The first-order valence-electron chi connectivity index (χ1n) is 9.55. The molecule has 5 heteroatoms. The van der Waals surface area contributed by atoms with Gasteiger partial charge in [-0.25, -0.2) is 4.79 Å². The van der Waals surface area contributed by atoms with Gasteiger partial charge in [0.15, 0.2) is 6.54 Å². The zero-order chi connectivity index (χ0) is 17.8. The fourth-order valence-electron chi connectivity index (χ4n) is 4.57. The van der Waals surface area contributed by atoms with E-state index in [1.54, 1.807) is 0 Å². The number of likely N-dealkylation sites (tertiary alicyclic amines) is 1. The summed E-state index contributed by atoms with van der Waals surface area (Å²) < 4.78 is 0. The van der Waals surface area contributed by atoms with Gasteiger partial charge in [-0.1, -0.05) is 24.1 Å². The van der Waals surface area contributed by atoms with Crippen molar-refractivity contribution in [1.29, 1.82) is 0 Å². The Kier molecular flexibility index (Phi) is 5.74. The van der Waals surface area contributed by atoms with Gasteiger partial charge in [-0.05, 0) is 57.6 Å². The second kappa shape index (κ2) is 8.00. The summed E-state index contributed by atoms with van der Waals surface area (Å²) in [5.74, 6) is 0.595. The van der Waals surface area contributed by atoms with Crippen LogP contribution in [0.3, 0.4) is 0 Å². The number of piperidine rings is 1. The molecule has 5 nitrogen and oxygen atoms in total. The fourth-order valence-corrected chi connectivity index (χ4v) is 4.57. The molecule has 136 valence electrons. The lowest BCUT2D eigenvalue weighted by atomic mass is 9.78. The van der Waals surface area contributed by atoms with Crippen LogP contribution in [-0.2, 0) is 4.79 Å². The summed E-state index contributed by atoms with van der Waals surface area (Å²) in [6.45, 7) is 5.42. The number of urea groups is 1. The van der Waals surface area contributed by atoms with Crippen LogP contribution in [0.5, 0.6) is 0 Å². The van der Waals surface area contributed by atoms with E-state index in [1.165, 1.54) is 43.4 Å². The Labute approximate surface area is 150 Å². The van der Waals surface area contributed by atoms with Gasteiger partial charge < -0.3 is 10.2 Å². The summed E-state index contributed by atoms with van der Waals surface area (Å²) >= 11 is 0. The minimum absolute atomic E-state index is 0.177. The maximum Gasteiger partial charge on any atom is 0.326 e. The number of quaternary nitrogens is 1. The van der Waals surface area contributed by atoms with Gasteiger partial charge >= 0.3 is 6.03 Å². The molecule has 0 radical (unpaired) electrons. The molecule has 3 atom stereocenters. The van der Waals surface area contributed by atoms with Crippen molar-refractivity contribution in [2.24, 2.45) is 5.92 Å². The summed E-state index contributed by atoms with van der Waals surface area (Å²) in [6.07, 6.45) is 7.64. The Morgan fingerprint density at radius 1 is 1.12 bits per heavy atom. The molecule has 1 aromatic carbocycles. The smallest absolute Gasteiger partial charge is 0.324 e. The molecule has 0 spiro atoms. The minimum atomic E-state index is -0.437. The van der Waals surface area contributed by atoms with Crippen molar-refractivity contribution in [3.63, 3.8) is 0 Å². The number of carbonyl (C=O) groups excluding carboxylic acids is 2. The van der Waals surface area contributed by atoms with E-state index in [0.29, 0.717) is 12.6 Å². The van der Waals surface area contributed by atoms with Gasteiger partial charge in [0.05, 0.1) is 12.6 Å². The lowest BCUT2D eigenvalue weighted by Gasteiger charge is -2.40. The number of benzene rings is 1. The van der Waals surface area contributed by atoms with Crippen LogP contribution in [-0.4, -0.2) is 31.1 Å². The van der Waals surface area contributed by atoms with Crippen molar-refractivity contribution in [2.75, 3.05) is 18.4 Å². The summed E-state index contributed by atoms with van der Waals surface area (Å²) in [5, 5.41) is 5.28.